The number of carbonyl (C=O) groups excluding carboxylic acids is 2. The Bertz CT molecular complexity index is 1040. The molecule has 0 heterocycles. The van der Waals surface area contributed by atoms with Crippen LogP contribution in [0.3, 0.4) is 0 Å². The maximum Gasteiger partial charge on any atom is 0.304 e. The quantitative estimate of drug-likeness (QED) is 0.370. The molecule has 4 aliphatic carbocycles. The van der Waals surface area contributed by atoms with Gasteiger partial charge in [0.2, 0.25) is 0 Å². The van der Waals surface area contributed by atoms with Crippen LogP contribution >= 0.6 is 0 Å². The van der Waals surface area contributed by atoms with E-state index >= 15 is 0 Å². The maximum absolute atomic E-state index is 12.3. The van der Waals surface area contributed by atoms with Crippen molar-refractivity contribution in [1.29, 1.82) is 0 Å². The lowest BCUT2D eigenvalue weighted by Gasteiger charge is -2.61. The Labute approximate surface area is 210 Å². The fourth-order valence-corrected chi connectivity index (χ4v) is 8.90. The molecular formula is C31H40O4. The van der Waals surface area contributed by atoms with Crippen LogP contribution in [0.4, 0.5) is 0 Å². The lowest BCUT2D eigenvalue weighted by atomic mass is 9.44. The van der Waals surface area contributed by atoms with Gasteiger partial charge in [0.1, 0.15) is 6.10 Å². The first-order valence-electron chi connectivity index (χ1n) is 13.6. The van der Waals surface area contributed by atoms with Gasteiger partial charge < -0.3 is 9.47 Å². The summed E-state index contributed by atoms with van der Waals surface area (Å²) >= 11 is 0. The van der Waals surface area contributed by atoms with Gasteiger partial charge in [0.15, 0.2) is 5.60 Å². The highest BCUT2D eigenvalue weighted by molar-refractivity contribution is 5.67. The van der Waals surface area contributed by atoms with E-state index < -0.39 is 5.60 Å². The van der Waals surface area contributed by atoms with Crippen LogP contribution in [0.2, 0.25) is 0 Å². The third-order valence-electron chi connectivity index (χ3n) is 10.6. The van der Waals surface area contributed by atoms with Crippen molar-refractivity contribution in [1.82, 2.24) is 0 Å². The third kappa shape index (κ3) is 4.09. The lowest BCUT2D eigenvalue weighted by molar-refractivity contribution is -0.178. The molecule has 0 aromatic heterocycles. The predicted octanol–water partition coefficient (Wildman–Crippen LogP) is 6.31. The van der Waals surface area contributed by atoms with E-state index in [4.69, 9.17) is 9.47 Å². The molecule has 0 N–H and O–H groups in total. The molecule has 188 valence electrons. The van der Waals surface area contributed by atoms with Crippen LogP contribution in [0, 0.1) is 46.3 Å². The average Bonchev–Trinajstić information content (AvgIpc) is 3.10. The van der Waals surface area contributed by atoms with Crippen molar-refractivity contribution in [3.8, 4) is 11.8 Å². The molecule has 4 heteroatoms. The van der Waals surface area contributed by atoms with E-state index in [1.807, 2.05) is 30.3 Å². The summed E-state index contributed by atoms with van der Waals surface area (Å²) in [5.74, 6) is 9.01. The molecule has 0 aliphatic heterocycles. The molecule has 4 nitrogen and oxygen atoms in total. The summed E-state index contributed by atoms with van der Waals surface area (Å²) < 4.78 is 11.8. The summed E-state index contributed by atoms with van der Waals surface area (Å²) in [6.45, 7) is 7.94. The number of benzene rings is 1. The van der Waals surface area contributed by atoms with E-state index in [-0.39, 0.29) is 23.5 Å². The third-order valence-corrected chi connectivity index (χ3v) is 10.6. The minimum atomic E-state index is -0.713. The van der Waals surface area contributed by atoms with Crippen LogP contribution in [0.1, 0.15) is 91.0 Å². The minimum absolute atomic E-state index is 0.0901. The van der Waals surface area contributed by atoms with E-state index in [2.05, 4.69) is 25.7 Å². The largest absolute Gasteiger partial charge is 0.463 e. The van der Waals surface area contributed by atoms with Crippen molar-refractivity contribution >= 4 is 11.9 Å². The van der Waals surface area contributed by atoms with Gasteiger partial charge in [-0.1, -0.05) is 38.0 Å². The summed E-state index contributed by atoms with van der Waals surface area (Å²) in [5.41, 5.74) is 0.440. The van der Waals surface area contributed by atoms with Gasteiger partial charge in [0.05, 0.1) is 0 Å². The second-order valence-electron chi connectivity index (χ2n) is 12.2. The number of esters is 2. The topological polar surface area (TPSA) is 52.6 Å². The number of ether oxygens (including phenoxy) is 2. The Kier molecular flexibility index (Phi) is 6.27. The summed E-state index contributed by atoms with van der Waals surface area (Å²) in [6.07, 6.45) is 9.77. The molecule has 4 fully saturated rings. The number of hydrogen-bond donors (Lipinski definition) is 0. The van der Waals surface area contributed by atoms with Crippen LogP contribution < -0.4 is 0 Å². The monoisotopic (exact) mass is 476 g/mol. The normalized spacial score (nSPS) is 41.9. The van der Waals surface area contributed by atoms with E-state index in [0.29, 0.717) is 29.1 Å². The molecule has 0 radical (unpaired) electrons. The Hall–Kier alpha value is -2.28. The van der Waals surface area contributed by atoms with Gasteiger partial charge in [-0.25, -0.2) is 0 Å². The highest BCUT2D eigenvalue weighted by atomic mass is 16.6. The van der Waals surface area contributed by atoms with Crippen molar-refractivity contribution in [2.24, 2.45) is 34.5 Å². The van der Waals surface area contributed by atoms with Gasteiger partial charge in [-0.3, -0.25) is 9.59 Å². The first-order valence-corrected chi connectivity index (χ1v) is 13.6. The van der Waals surface area contributed by atoms with Gasteiger partial charge in [-0.15, -0.1) is 0 Å². The molecule has 0 amide bonds. The molecule has 8 atom stereocenters. The zero-order valence-electron chi connectivity index (χ0n) is 21.8. The average molecular weight is 477 g/mol. The molecule has 1 aromatic carbocycles. The Morgan fingerprint density at radius 1 is 0.886 bits per heavy atom. The zero-order valence-corrected chi connectivity index (χ0v) is 21.8. The van der Waals surface area contributed by atoms with Crippen LogP contribution in [0.5, 0.6) is 0 Å². The highest BCUT2D eigenvalue weighted by Crippen LogP contribution is 2.69. The van der Waals surface area contributed by atoms with Crippen molar-refractivity contribution in [3.05, 3.63) is 35.9 Å². The van der Waals surface area contributed by atoms with E-state index in [1.165, 1.54) is 33.1 Å². The van der Waals surface area contributed by atoms with Crippen molar-refractivity contribution < 1.29 is 19.1 Å². The number of carbonyl (C=O) groups is 2. The van der Waals surface area contributed by atoms with E-state index in [1.54, 1.807) is 0 Å². The molecule has 4 saturated carbocycles. The van der Waals surface area contributed by atoms with Gasteiger partial charge in [0.25, 0.3) is 0 Å². The predicted molar refractivity (Wildman–Crippen MR) is 135 cm³/mol. The lowest BCUT2D eigenvalue weighted by Crippen LogP contribution is -2.57. The molecular weight excluding hydrogens is 436 g/mol. The van der Waals surface area contributed by atoms with E-state index in [0.717, 1.165) is 44.1 Å². The van der Waals surface area contributed by atoms with Crippen LogP contribution in [0.15, 0.2) is 30.3 Å². The SMILES string of the molecule is CC(=O)OC1CCC2(C)C(CCC3C2CCC2(C)C3CCC2(C#Cc2ccccc2)OC(C)=O)C1. The number of fused-ring (bicyclic) bond motifs is 5. The Balaban J connectivity index is 1.42. The second kappa shape index (κ2) is 8.99. The van der Waals surface area contributed by atoms with Gasteiger partial charge >= 0.3 is 11.9 Å². The summed E-state index contributed by atoms with van der Waals surface area (Å²) in [5, 5.41) is 0. The van der Waals surface area contributed by atoms with Crippen LogP contribution in [-0.2, 0) is 19.1 Å². The van der Waals surface area contributed by atoms with Crippen molar-refractivity contribution in [2.75, 3.05) is 0 Å². The highest BCUT2D eigenvalue weighted by Gasteiger charge is 2.66. The minimum Gasteiger partial charge on any atom is -0.463 e. The van der Waals surface area contributed by atoms with Crippen molar-refractivity contribution in [3.63, 3.8) is 0 Å². The molecule has 1 aromatic rings. The summed E-state index contributed by atoms with van der Waals surface area (Å²) in [6, 6.07) is 10.0. The standard InChI is InChI=1S/C31H40O4/c1-21(32)34-25-13-16-29(3)24(20-25)10-11-26-27(29)14-17-30(4)28(26)15-19-31(30,35-22(2)33)18-12-23-8-6-5-7-9-23/h5-9,24-28H,10-11,13-17,19-20H2,1-4H3. The maximum atomic E-state index is 12.3. The summed E-state index contributed by atoms with van der Waals surface area (Å²) in [7, 11) is 0. The molecule has 0 saturated heterocycles. The molecule has 0 spiro atoms. The first kappa shape index (κ1) is 24.4. The van der Waals surface area contributed by atoms with Crippen molar-refractivity contribution in [2.45, 2.75) is 97.2 Å². The molecule has 35 heavy (non-hydrogen) atoms. The molecule has 4 aliphatic rings. The zero-order chi connectivity index (χ0) is 24.8. The number of hydrogen-bond acceptors (Lipinski definition) is 4. The Morgan fingerprint density at radius 3 is 2.34 bits per heavy atom. The first-order chi connectivity index (χ1) is 16.7. The smallest absolute Gasteiger partial charge is 0.304 e. The van der Waals surface area contributed by atoms with Crippen LogP contribution in [-0.4, -0.2) is 23.6 Å². The van der Waals surface area contributed by atoms with Gasteiger partial charge in [-0.2, -0.15) is 0 Å². The van der Waals surface area contributed by atoms with Crippen LogP contribution in [0.25, 0.3) is 0 Å². The summed E-state index contributed by atoms with van der Waals surface area (Å²) in [4.78, 5) is 23.9. The molecule has 8 unspecified atom stereocenters. The fraction of sp³-hybridized carbons (Fsp3) is 0.677. The molecule has 0 bridgehead atoms. The second-order valence-corrected chi connectivity index (χ2v) is 12.2. The Morgan fingerprint density at radius 2 is 1.63 bits per heavy atom. The van der Waals surface area contributed by atoms with Gasteiger partial charge in [0, 0.05) is 24.8 Å². The van der Waals surface area contributed by atoms with Gasteiger partial charge in [-0.05, 0) is 105 Å². The molecule has 5 rings (SSSR count). The number of rotatable bonds is 2. The van der Waals surface area contributed by atoms with E-state index in [9.17, 15) is 9.59 Å². The fourth-order valence-electron chi connectivity index (χ4n) is 8.90.